The number of thiophene rings is 1. The normalized spacial score (nSPS) is 12.2. The van der Waals surface area contributed by atoms with Crippen LogP contribution in [0.2, 0.25) is 0 Å². The van der Waals surface area contributed by atoms with Gasteiger partial charge in [-0.15, -0.1) is 21.5 Å². The van der Waals surface area contributed by atoms with Gasteiger partial charge in [0.15, 0.2) is 0 Å². The molecule has 0 aliphatic carbocycles. The van der Waals surface area contributed by atoms with E-state index < -0.39 is 6.04 Å². The van der Waals surface area contributed by atoms with Gasteiger partial charge in [0.2, 0.25) is 11.0 Å². The number of methoxy groups -OCH3 is 1. The highest BCUT2D eigenvalue weighted by Crippen LogP contribution is 2.35. The largest absolute Gasteiger partial charge is 0.377 e. The topological polar surface area (TPSA) is 99.0 Å². The summed E-state index contributed by atoms with van der Waals surface area (Å²) >= 11 is 2.72. The summed E-state index contributed by atoms with van der Waals surface area (Å²) in [5.41, 5.74) is 2.76. The highest BCUT2D eigenvalue weighted by Gasteiger charge is 2.24. The fraction of sp³-hybridized carbons (Fsp3) is 0.318. The standard InChI is InChI=1S/C22H23N5O3S2/c1-5-15(19(28)24-22-26-25-16(32-22)10-30-4)27-11-23-20-18(21(27)29)17(13(3)31-20)14-8-6-12(2)7-9-14/h6-9,11,15H,5,10H2,1-4H3,(H,24,26,28). The van der Waals surface area contributed by atoms with Gasteiger partial charge in [0, 0.05) is 17.6 Å². The van der Waals surface area contributed by atoms with Gasteiger partial charge in [0.05, 0.1) is 11.7 Å². The number of ether oxygens (including phenoxy) is 1. The fourth-order valence-corrected chi connectivity index (χ4v) is 5.31. The molecule has 1 N–H and O–H groups in total. The minimum Gasteiger partial charge on any atom is -0.377 e. The average molecular weight is 470 g/mol. The van der Waals surface area contributed by atoms with Crippen molar-refractivity contribution in [1.29, 1.82) is 0 Å². The number of fused-ring (bicyclic) bond motifs is 1. The summed E-state index contributed by atoms with van der Waals surface area (Å²) in [4.78, 5) is 32.8. The molecule has 1 atom stereocenters. The zero-order valence-corrected chi connectivity index (χ0v) is 19.8. The lowest BCUT2D eigenvalue weighted by molar-refractivity contribution is -0.119. The number of aryl methyl sites for hydroxylation is 2. The molecule has 0 bridgehead atoms. The SMILES string of the molecule is CCC(C(=O)Nc1nnc(COC)s1)n1cnc2sc(C)c(-c3ccc(C)cc3)c2c1=O. The van der Waals surface area contributed by atoms with Gasteiger partial charge >= 0.3 is 0 Å². The van der Waals surface area contributed by atoms with E-state index >= 15 is 0 Å². The second-order valence-electron chi connectivity index (χ2n) is 7.38. The molecule has 10 heteroatoms. The third-order valence-electron chi connectivity index (χ3n) is 5.14. The van der Waals surface area contributed by atoms with Crippen LogP contribution in [0.25, 0.3) is 21.3 Å². The average Bonchev–Trinajstić information content (AvgIpc) is 3.35. The number of hydrogen-bond acceptors (Lipinski definition) is 8. The first-order chi connectivity index (χ1) is 15.4. The van der Waals surface area contributed by atoms with Crippen molar-refractivity contribution in [2.45, 2.75) is 39.8 Å². The minimum absolute atomic E-state index is 0.228. The predicted molar refractivity (Wildman–Crippen MR) is 127 cm³/mol. The number of hydrogen-bond donors (Lipinski definition) is 1. The quantitative estimate of drug-likeness (QED) is 0.433. The molecule has 4 aromatic rings. The Morgan fingerprint density at radius 1 is 1.19 bits per heavy atom. The number of anilines is 1. The maximum atomic E-state index is 13.6. The van der Waals surface area contributed by atoms with Gasteiger partial charge < -0.3 is 4.74 Å². The summed E-state index contributed by atoms with van der Waals surface area (Å²) in [6.07, 6.45) is 1.88. The number of carbonyl (C=O) groups excluding carboxylic acids is 1. The summed E-state index contributed by atoms with van der Waals surface area (Å²) in [7, 11) is 1.57. The van der Waals surface area contributed by atoms with E-state index in [9.17, 15) is 9.59 Å². The van der Waals surface area contributed by atoms with Crippen molar-refractivity contribution in [3.63, 3.8) is 0 Å². The van der Waals surface area contributed by atoms with Crippen molar-refractivity contribution in [2.24, 2.45) is 0 Å². The smallest absolute Gasteiger partial charge is 0.263 e. The third-order valence-corrected chi connectivity index (χ3v) is 6.97. The molecule has 0 spiro atoms. The molecular weight excluding hydrogens is 446 g/mol. The van der Waals surface area contributed by atoms with Gasteiger partial charge in [-0.25, -0.2) is 4.98 Å². The van der Waals surface area contributed by atoms with E-state index in [1.54, 1.807) is 7.11 Å². The molecule has 0 aliphatic rings. The van der Waals surface area contributed by atoms with Crippen LogP contribution in [0.4, 0.5) is 5.13 Å². The Balaban J connectivity index is 1.73. The fourth-order valence-electron chi connectivity index (χ4n) is 3.59. The van der Waals surface area contributed by atoms with Gasteiger partial charge in [-0.1, -0.05) is 48.1 Å². The Morgan fingerprint density at radius 3 is 2.62 bits per heavy atom. The van der Waals surface area contributed by atoms with Crippen molar-refractivity contribution < 1.29 is 9.53 Å². The summed E-state index contributed by atoms with van der Waals surface area (Å²) in [5.74, 6) is -0.334. The van der Waals surface area contributed by atoms with Crippen molar-refractivity contribution >= 4 is 43.9 Å². The number of carbonyl (C=O) groups is 1. The molecular formula is C22H23N5O3S2. The summed E-state index contributed by atoms with van der Waals surface area (Å²) in [6.45, 7) is 6.20. The Labute approximate surface area is 192 Å². The Kier molecular flexibility index (Phi) is 6.45. The Hall–Kier alpha value is -2.95. The van der Waals surface area contributed by atoms with Crippen molar-refractivity contribution in [3.05, 3.63) is 56.4 Å². The van der Waals surface area contributed by atoms with E-state index in [2.05, 4.69) is 20.5 Å². The van der Waals surface area contributed by atoms with Gasteiger partial charge in [0.1, 0.15) is 22.5 Å². The zero-order chi connectivity index (χ0) is 22.8. The summed E-state index contributed by atoms with van der Waals surface area (Å²) in [6, 6.07) is 7.35. The molecule has 1 unspecified atom stereocenters. The Morgan fingerprint density at radius 2 is 1.94 bits per heavy atom. The molecule has 4 rings (SSSR count). The summed E-state index contributed by atoms with van der Waals surface area (Å²) in [5, 5.41) is 12.3. The second kappa shape index (κ2) is 9.27. The molecule has 0 saturated heterocycles. The lowest BCUT2D eigenvalue weighted by atomic mass is 10.0. The molecule has 3 aromatic heterocycles. The first-order valence-corrected chi connectivity index (χ1v) is 11.8. The maximum Gasteiger partial charge on any atom is 0.263 e. The van der Waals surface area contributed by atoms with Crippen LogP contribution < -0.4 is 10.9 Å². The molecule has 0 fully saturated rings. The molecule has 1 aromatic carbocycles. The second-order valence-corrected chi connectivity index (χ2v) is 9.65. The lowest BCUT2D eigenvalue weighted by Crippen LogP contribution is -2.33. The van der Waals surface area contributed by atoms with Crippen LogP contribution in [0.1, 0.15) is 34.8 Å². The highest BCUT2D eigenvalue weighted by atomic mass is 32.1. The minimum atomic E-state index is -0.722. The lowest BCUT2D eigenvalue weighted by Gasteiger charge is -2.16. The van der Waals surface area contributed by atoms with Gasteiger partial charge in [-0.05, 0) is 25.8 Å². The number of nitrogens with zero attached hydrogens (tertiary/aromatic N) is 4. The van der Waals surface area contributed by atoms with E-state index in [1.807, 2.05) is 45.0 Å². The predicted octanol–water partition coefficient (Wildman–Crippen LogP) is 4.33. The number of aromatic nitrogens is 4. The van der Waals surface area contributed by atoms with E-state index in [1.165, 1.54) is 33.6 Å². The zero-order valence-electron chi connectivity index (χ0n) is 18.2. The van der Waals surface area contributed by atoms with Crippen LogP contribution in [0.3, 0.4) is 0 Å². The van der Waals surface area contributed by atoms with E-state index in [-0.39, 0.29) is 11.5 Å². The molecule has 8 nitrogen and oxygen atoms in total. The molecule has 32 heavy (non-hydrogen) atoms. The highest BCUT2D eigenvalue weighted by molar-refractivity contribution is 7.19. The van der Waals surface area contributed by atoms with Crippen LogP contribution in [0, 0.1) is 13.8 Å². The monoisotopic (exact) mass is 469 g/mol. The molecule has 0 saturated carbocycles. The number of amides is 1. The van der Waals surface area contributed by atoms with Crippen LogP contribution >= 0.6 is 22.7 Å². The molecule has 0 aliphatic heterocycles. The molecule has 166 valence electrons. The number of nitrogens with one attached hydrogen (secondary N) is 1. The summed E-state index contributed by atoms with van der Waals surface area (Å²) < 4.78 is 6.45. The maximum absolute atomic E-state index is 13.6. The van der Waals surface area contributed by atoms with E-state index in [0.717, 1.165) is 21.6 Å². The first kappa shape index (κ1) is 22.3. The molecule has 0 radical (unpaired) electrons. The van der Waals surface area contributed by atoms with Crippen molar-refractivity contribution in [3.8, 4) is 11.1 Å². The van der Waals surface area contributed by atoms with Gasteiger partial charge in [-0.3, -0.25) is 19.5 Å². The number of rotatable bonds is 7. The molecule has 1 amide bonds. The van der Waals surface area contributed by atoms with Crippen molar-refractivity contribution in [2.75, 3.05) is 12.4 Å². The third kappa shape index (κ3) is 4.21. The van der Waals surface area contributed by atoms with Crippen LogP contribution in [-0.2, 0) is 16.1 Å². The van der Waals surface area contributed by atoms with Crippen LogP contribution in [0.15, 0.2) is 35.4 Å². The number of benzene rings is 1. The van der Waals surface area contributed by atoms with Crippen LogP contribution in [-0.4, -0.2) is 32.8 Å². The van der Waals surface area contributed by atoms with Gasteiger partial charge in [0.25, 0.3) is 5.56 Å². The van der Waals surface area contributed by atoms with Crippen LogP contribution in [0.5, 0.6) is 0 Å². The Bertz CT molecular complexity index is 1320. The molecule has 3 heterocycles. The van der Waals surface area contributed by atoms with E-state index in [0.29, 0.717) is 33.4 Å². The first-order valence-electron chi connectivity index (χ1n) is 10.1. The van der Waals surface area contributed by atoms with Gasteiger partial charge in [-0.2, -0.15) is 0 Å². The van der Waals surface area contributed by atoms with E-state index in [4.69, 9.17) is 4.74 Å². The van der Waals surface area contributed by atoms with Crippen molar-refractivity contribution in [1.82, 2.24) is 19.7 Å².